The van der Waals surface area contributed by atoms with Crippen molar-refractivity contribution >= 4 is 28.8 Å². The number of benzene rings is 1. The minimum atomic E-state index is -0.000404. The maximum Gasteiger partial charge on any atom is 0.263 e. The molecule has 2 aliphatic rings. The van der Waals surface area contributed by atoms with E-state index in [-0.39, 0.29) is 11.9 Å². The summed E-state index contributed by atoms with van der Waals surface area (Å²) in [7, 11) is 0. The van der Waals surface area contributed by atoms with Gasteiger partial charge in [-0.3, -0.25) is 4.79 Å². The second-order valence-electron chi connectivity index (χ2n) is 6.30. The van der Waals surface area contributed by atoms with E-state index in [0.29, 0.717) is 22.0 Å². The van der Waals surface area contributed by atoms with E-state index in [0.717, 1.165) is 29.1 Å². The molecule has 0 radical (unpaired) electrons. The SMILES string of the molecule is Cc1nc(-c2ccc(Cl)cc2)sc1C(=O)N[C@@H]1C[C@H]2CC[C@@H]1N2. The molecule has 1 aromatic heterocycles. The molecule has 3 heterocycles. The first-order valence-corrected chi connectivity index (χ1v) is 9.10. The molecule has 4 rings (SSSR count). The molecule has 2 fully saturated rings. The van der Waals surface area contributed by atoms with Crippen LogP contribution in [0.4, 0.5) is 0 Å². The Morgan fingerprint density at radius 3 is 2.78 bits per heavy atom. The standard InChI is InChI=1S/C17H18ClN3OS/c1-9-15(16(22)21-14-8-12-6-7-13(14)20-12)23-17(19-9)10-2-4-11(18)5-3-10/h2-5,12-14,20H,6-8H2,1H3,(H,21,22)/t12-,13+,14-/m1/s1. The summed E-state index contributed by atoms with van der Waals surface area (Å²) in [5.41, 5.74) is 1.77. The van der Waals surface area contributed by atoms with Crippen LogP contribution in [-0.2, 0) is 0 Å². The van der Waals surface area contributed by atoms with Gasteiger partial charge in [0.25, 0.3) is 5.91 Å². The highest BCUT2D eigenvalue weighted by molar-refractivity contribution is 7.17. The Labute approximate surface area is 144 Å². The molecule has 0 spiro atoms. The summed E-state index contributed by atoms with van der Waals surface area (Å²) in [5.74, 6) is -0.000404. The molecule has 0 saturated carbocycles. The predicted octanol–water partition coefficient (Wildman–Crippen LogP) is 3.39. The highest BCUT2D eigenvalue weighted by atomic mass is 35.5. The van der Waals surface area contributed by atoms with Crippen molar-refractivity contribution in [1.82, 2.24) is 15.6 Å². The minimum Gasteiger partial charge on any atom is -0.347 e. The third-order valence-corrected chi connectivity index (χ3v) is 6.17. The number of hydrogen-bond acceptors (Lipinski definition) is 4. The van der Waals surface area contributed by atoms with Gasteiger partial charge in [0, 0.05) is 28.7 Å². The molecule has 2 N–H and O–H groups in total. The summed E-state index contributed by atoms with van der Waals surface area (Å²) in [6, 6.07) is 8.82. The summed E-state index contributed by atoms with van der Waals surface area (Å²) < 4.78 is 0. The summed E-state index contributed by atoms with van der Waals surface area (Å²) in [4.78, 5) is 17.9. The highest BCUT2D eigenvalue weighted by Crippen LogP contribution is 2.31. The molecule has 0 unspecified atom stereocenters. The first-order valence-electron chi connectivity index (χ1n) is 7.90. The van der Waals surface area contributed by atoms with Gasteiger partial charge in [-0.2, -0.15) is 0 Å². The van der Waals surface area contributed by atoms with Gasteiger partial charge in [0.1, 0.15) is 9.88 Å². The van der Waals surface area contributed by atoms with Gasteiger partial charge in [-0.05, 0) is 38.3 Å². The Kier molecular flexibility index (Phi) is 3.87. The zero-order chi connectivity index (χ0) is 16.0. The van der Waals surface area contributed by atoms with E-state index in [2.05, 4.69) is 15.6 Å². The van der Waals surface area contributed by atoms with Crippen molar-refractivity contribution < 1.29 is 4.79 Å². The fraction of sp³-hybridized carbons (Fsp3) is 0.412. The lowest BCUT2D eigenvalue weighted by atomic mass is 9.95. The number of carbonyl (C=O) groups is 1. The Morgan fingerprint density at radius 1 is 1.35 bits per heavy atom. The molecule has 2 aromatic rings. The Balaban J connectivity index is 1.52. The van der Waals surface area contributed by atoms with Gasteiger partial charge in [-0.15, -0.1) is 11.3 Å². The van der Waals surface area contributed by atoms with Crippen molar-refractivity contribution in [3.63, 3.8) is 0 Å². The third kappa shape index (κ3) is 2.89. The zero-order valence-electron chi connectivity index (χ0n) is 12.8. The van der Waals surface area contributed by atoms with E-state index < -0.39 is 0 Å². The van der Waals surface area contributed by atoms with E-state index in [9.17, 15) is 4.79 Å². The second kappa shape index (κ2) is 5.89. The van der Waals surface area contributed by atoms with E-state index in [4.69, 9.17) is 11.6 Å². The second-order valence-corrected chi connectivity index (χ2v) is 7.74. The number of thiazole rings is 1. The molecule has 2 saturated heterocycles. The first kappa shape index (κ1) is 15.1. The lowest BCUT2D eigenvalue weighted by molar-refractivity contribution is 0.0934. The van der Waals surface area contributed by atoms with Crippen LogP contribution in [0.5, 0.6) is 0 Å². The molecule has 0 aliphatic carbocycles. The smallest absolute Gasteiger partial charge is 0.263 e. The maximum atomic E-state index is 12.6. The van der Waals surface area contributed by atoms with Crippen molar-refractivity contribution in [2.75, 3.05) is 0 Å². The molecule has 1 aromatic carbocycles. The average molecular weight is 348 g/mol. The highest BCUT2D eigenvalue weighted by Gasteiger charge is 2.40. The summed E-state index contributed by atoms with van der Waals surface area (Å²) in [5, 5.41) is 8.29. The van der Waals surface area contributed by atoms with Crippen LogP contribution < -0.4 is 10.6 Å². The normalized spacial score (nSPS) is 25.7. The number of aromatic nitrogens is 1. The summed E-state index contributed by atoms with van der Waals surface area (Å²) >= 11 is 7.37. The topological polar surface area (TPSA) is 54.0 Å². The fourth-order valence-electron chi connectivity index (χ4n) is 3.54. The third-order valence-electron chi connectivity index (χ3n) is 4.71. The first-order chi connectivity index (χ1) is 11.1. The Bertz CT molecular complexity index is 743. The van der Waals surface area contributed by atoms with Crippen LogP contribution in [0.1, 0.15) is 34.6 Å². The number of hydrogen-bond donors (Lipinski definition) is 2. The van der Waals surface area contributed by atoms with E-state index in [1.165, 1.54) is 17.8 Å². The number of carbonyl (C=O) groups excluding carboxylic acids is 1. The molecule has 2 bridgehead atoms. The Hall–Kier alpha value is -1.43. The van der Waals surface area contributed by atoms with E-state index >= 15 is 0 Å². The van der Waals surface area contributed by atoms with Crippen molar-refractivity contribution in [3.8, 4) is 10.6 Å². The van der Waals surface area contributed by atoms with Gasteiger partial charge in [0.15, 0.2) is 0 Å². The molecule has 2 aliphatic heterocycles. The molecule has 6 heteroatoms. The van der Waals surface area contributed by atoms with Gasteiger partial charge in [-0.25, -0.2) is 4.98 Å². The molecule has 3 atom stereocenters. The van der Waals surface area contributed by atoms with Crippen LogP contribution in [0.3, 0.4) is 0 Å². The number of amides is 1. The monoisotopic (exact) mass is 347 g/mol. The zero-order valence-corrected chi connectivity index (χ0v) is 14.4. The molecule has 4 nitrogen and oxygen atoms in total. The predicted molar refractivity (Wildman–Crippen MR) is 93.1 cm³/mol. The largest absolute Gasteiger partial charge is 0.347 e. The van der Waals surface area contributed by atoms with Crippen molar-refractivity contribution in [1.29, 1.82) is 0 Å². The number of fused-ring (bicyclic) bond motifs is 2. The maximum absolute atomic E-state index is 12.6. The molecule has 1 amide bonds. The van der Waals surface area contributed by atoms with Crippen molar-refractivity contribution in [2.24, 2.45) is 0 Å². The molecule has 23 heavy (non-hydrogen) atoms. The van der Waals surface area contributed by atoms with Crippen LogP contribution in [0.2, 0.25) is 5.02 Å². The quantitative estimate of drug-likeness (QED) is 0.894. The number of aryl methyl sites for hydroxylation is 1. The summed E-state index contributed by atoms with van der Waals surface area (Å²) in [6.07, 6.45) is 3.43. The van der Waals surface area contributed by atoms with Gasteiger partial charge < -0.3 is 10.6 Å². The number of rotatable bonds is 3. The Morgan fingerprint density at radius 2 is 2.13 bits per heavy atom. The molecular weight excluding hydrogens is 330 g/mol. The van der Waals surface area contributed by atoms with Crippen molar-refractivity contribution in [2.45, 2.75) is 44.3 Å². The minimum absolute atomic E-state index is 0.000404. The number of nitrogens with zero attached hydrogens (tertiary/aromatic N) is 1. The van der Waals surface area contributed by atoms with Gasteiger partial charge in [0.05, 0.1) is 5.69 Å². The average Bonchev–Trinajstić information content (AvgIpc) is 3.23. The van der Waals surface area contributed by atoms with E-state index in [1.807, 2.05) is 31.2 Å². The van der Waals surface area contributed by atoms with Gasteiger partial charge >= 0.3 is 0 Å². The fourth-order valence-corrected chi connectivity index (χ4v) is 4.64. The van der Waals surface area contributed by atoms with Gasteiger partial charge in [-0.1, -0.05) is 23.7 Å². The number of nitrogens with one attached hydrogen (secondary N) is 2. The van der Waals surface area contributed by atoms with Crippen LogP contribution in [0, 0.1) is 6.92 Å². The van der Waals surface area contributed by atoms with Crippen LogP contribution >= 0.6 is 22.9 Å². The lowest BCUT2D eigenvalue weighted by Crippen LogP contribution is -2.42. The van der Waals surface area contributed by atoms with E-state index in [1.54, 1.807) is 0 Å². The summed E-state index contributed by atoms with van der Waals surface area (Å²) in [6.45, 7) is 1.89. The van der Waals surface area contributed by atoms with Crippen LogP contribution in [-0.4, -0.2) is 29.0 Å². The van der Waals surface area contributed by atoms with Gasteiger partial charge in [0.2, 0.25) is 0 Å². The van der Waals surface area contributed by atoms with Crippen molar-refractivity contribution in [3.05, 3.63) is 39.9 Å². The molecular formula is C17H18ClN3OS. The van der Waals surface area contributed by atoms with Crippen LogP contribution in [0.25, 0.3) is 10.6 Å². The van der Waals surface area contributed by atoms with Crippen LogP contribution in [0.15, 0.2) is 24.3 Å². The number of halogens is 1. The lowest BCUT2D eigenvalue weighted by Gasteiger charge is -2.21. The molecule has 120 valence electrons.